The Balaban J connectivity index is 1.91. The molecule has 0 radical (unpaired) electrons. The van der Waals surface area contributed by atoms with Crippen molar-refractivity contribution in [1.82, 2.24) is 15.6 Å². The normalized spacial score (nSPS) is 11.5. The van der Waals surface area contributed by atoms with E-state index >= 15 is 0 Å². The number of aromatic nitrogens is 1. The molecule has 2 rings (SSSR count). The molecule has 5 N–H and O–H groups in total. The van der Waals surface area contributed by atoms with Crippen molar-refractivity contribution in [1.29, 1.82) is 0 Å². The van der Waals surface area contributed by atoms with E-state index in [0.29, 0.717) is 17.9 Å². The van der Waals surface area contributed by atoms with E-state index in [9.17, 15) is 19.5 Å². The summed E-state index contributed by atoms with van der Waals surface area (Å²) in [4.78, 5) is 38.6. The molecule has 9 nitrogen and oxygen atoms in total. The van der Waals surface area contributed by atoms with Crippen LogP contribution < -0.4 is 21.1 Å². The smallest absolute Gasteiger partial charge is 0.326 e. The van der Waals surface area contributed by atoms with Gasteiger partial charge in [-0.3, -0.25) is 4.79 Å². The molecule has 0 fully saturated rings. The van der Waals surface area contributed by atoms with Crippen molar-refractivity contribution in [3.63, 3.8) is 0 Å². The maximum Gasteiger partial charge on any atom is 0.326 e. The van der Waals surface area contributed by atoms with Crippen LogP contribution >= 0.6 is 11.3 Å². The third-order valence-electron chi connectivity index (χ3n) is 3.81. The van der Waals surface area contributed by atoms with Crippen LogP contribution in [0.1, 0.15) is 18.5 Å². The third-order valence-corrected chi connectivity index (χ3v) is 4.75. The van der Waals surface area contributed by atoms with Gasteiger partial charge in [-0.15, -0.1) is 11.3 Å². The number of thiazole rings is 1. The fourth-order valence-corrected chi connectivity index (χ4v) is 3.28. The molecule has 3 amide bonds. The van der Waals surface area contributed by atoms with Crippen LogP contribution in [0.3, 0.4) is 0 Å². The Morgan fingerprint density at radius 3 is 2.82 bits per heavy atom. The fourth-order valence-electron chi connectivity index (χ4n) is 2.46. The standard InChI is InChI=1S/C18H22N4O5S/c1-27-13-5-2-4-11(8-13)16-21-12(10-28-16)9-15(23)22-14(17(24)25)6-3-7-20-18(19)26/h2,4-5,8,10,14H,3,6-7,9H2,1H3,(H,22,23)(H,24,25)(H3,19,20,26)/t14-/m0/s1. The van der Waals surface area contributed by atoms with Crippen LogP contribution in [0.2, 0.25) is 0 Å². The van der Waals surface area contributed by atoms with Gasteiger partial charge in [-0.2, -0.15) is 0 Å². The number of nitrogens with two attached hydrogens (primary N) is 1. The minimum absolute atomic E-state index is 0.0240. The van der Waals surface area contributed by atoms with Crippen LogP contribution in [-0.2, 0) is 16.0 Å². The number of nitrogens with one attached hydrogen (secondary N) is 2. The highest BCUT2D eigenvalue weighted by Crippen LogP contribution is 2.27. The zero-order chi connectivity index (χ0) is 20.5. The quantitative estimate of drug-likeness (QED) is 0.439. The van der Waals surface area contributed by atoms with Crippen molar-refractivity contribution < 1.29 is 24.2 Å². The van der Waals surface area contributed by atoms with Gasteiger partial charge in [-0.25, -0.2) is 14.6 Å². The number of nitrogens with zero attached hydrogens (tertiary/aromatic N) is 1. The number of carboxylic acid groups (broad SMARTS) is 1. The summed E-state index contributed by atoms with van der Waals surface area (Å²) in [5.41, 5.74) is 6.38. The van der Waals surface area contributed by atoms with E-state index in [1.807, 2.05) is 24.3 Å². The van der Waals surface area contributed by atoms with E-state index in [1.165, 1.54) is 11.3 Å². The molecule has 1 heterocycles. The van der Waals surface area contributed by atoms with Crippen LogP contribution in [0.5, 0.6) is 5.75 Å². The molecular weight excluding hydrogens is 384 g/mol. The largest absolute Gasteiger partial charge is 0.497 e. The molecular formula is C18H22N4O5S. The minimum atomic E-state index is -1.14. The van der Waals surface area contributed by atoms with Crippen LogP contribution in [-0.4, -0.2) is 47.7 Å². The second-order valence-electron chi connectivity index (χ2n) is 5.94. The first-order valence-electron chi connectivity index (χ1n) is 8.53. The molecule has 1 aromatic heterocycles. The van der Waals surface area contributed by atoms with Crippen LogP contribution in [0.4, 0.5) is 4.79 Å². The highest BCUT2D eigenvalue weighted by atomic mass is 32.1. The van der Waals surface area contributed by atoms with Crippen LogP contribution in [0.15, 0.2) is 29.6 Å². The van der Waals surface area contributed by atoms with Crippen LogP contribution in [0.25, 0.3) is 10.6 Å². The first-order chi connectivity index (χ1) is 13.4. The van der Waals surface area contributed by atoms with Crippen molar-refractivity contribution in [2.45, 2.75) is 25.3 Å². The summed E-state index contributed by atoms with van der Waals surface area (Å²) < 4.78 is 5.19. The minimum Gasteiger partial charge on any atom is -0.497 e. The van der Waals surface area contributed by atoms with Gasteiger partial charge < -0.3 is 26.2 Å². The molecule has 0 aliphatic carbocycles. The topological polar surface area (TPSA) is 144 Å². The Hall–Kier alpha value is -3.14. The van der Waals surface area contributed by atoms with Gasteiger partial charge in [0.15, 0.2) is 0 Å². The Morgan fingerprint density at radius 2 is 2.14 bits per heavy atom. The van der Waals surface area contributed by atoms with E-state index in [-0.39, 0.29) is 19.4 Å². The van der Waals surface area contributed by atoms with Gasteiger partial charge in [0.1, 0.15) is 16.8 Å². The lowest BCUT2D eigenvalue weighted by Gasteiger charge is -2.14. The van der Waals surface area contributed by atoms with Crippen molar-refractivity contribution in [2.75, 3.05) is 13.7 Å². The van der Waals surface area contributed by atoms with E-state index in [1.54, 1.807) is 12.5 Å². The summed E-state index contributed by atoms with van der Waals surface area (Å²) in [7, 11) is 1.58. The molecule has 2 aromatic rings. The summed E-state index contributed by atoms with van der Waals surface area (Å²) in [6.45, 7) is 0.241. The number of carboxylic acids is 1. The van der Waals surface area contributed by atoms with Gasteiger partial charge in [0.25, 0.3) is 0 Å². The highest BCUT2D eigenvalue weighted by molar-refractivity contribution is 7.13. The predicted octanol–water partition coefficient (Wildman–Crippen LogP) is 1.38. The SMILES string of the molecule is COc1cccc(-c2nc(CC(=O)N[C@@H](CCCNC(N)=O)C(=O)O)cs2)c1. The Labute approximate surface area is 165 Å². The predicted molar refractivity (Wildman–Crippen MR) is 104 cm³/mol. The lowest BCUT2D eigenvalue weighted by atomic mass is 10.1. The summed E-state index contributed by atoms with van der Waals surface area (Å²) in [5, 5.41) is 16.6. The zero-order valence-corrected chi connectivity index (χ0v) is 16.1. The highest BCUT2D eigenvalue weighted by Gasteiger charge is 2.20. The Kier molecular flexibility index (Phi) is 7.76. The van der Waals surface area contributed by atoms with Gasteiger partial charge in [-0.05, 0) is 25.0 Å². The molecule has 0 aliphatic rings. The number of carbonyl (C=O) groups is 3. The van der Waals surface area contributed by atoms with Gasteiger partial charge in [-0.1, -0.05) is 12.1 Å². The maximum absolute atomic E-state index is 12.2. The third kappa shape index (κ3) is 6.54. The molecule has 0 saturated carbocycles. The number of methoxy groups -OCH3 is 1. The average Bonchev–Trinajstić information content (AvgIpc) is 3.12. The number of carbonyl (C=O) groups excluding carboxylic acids is 2. The van der Waals surface area contributed by atoms with E-state index < -0.39 is 23.9 Å². The van der Waals surface area contributed by atoms with E-state index in [4.69, 9.17) is 10.5 Å². The summed E-state index contributed by atoms with van der Waals surface area (Å²) in [6, 6.07) is 5.71. The molecule has 0 unspecified atom stereocenters. The maximum atomic E-state index is 12.2. The van der Waals surface area contributed by atoms with Crippen LogP contribution in [0, 0.1) is 0 Å². The lowest BCUT2D eigenvalue weighted by molar-refractivity contribution is -0.141. The van der Waals surface area contributed by atoms with Crippen molar-refractivity contribution >= 4 is 29.2 Å². The van der Waals surface area contributed by atoms with Gasteiger partial charge in [0.2, 0.25) is 5.91 Å². The van der Waals surface area contributed by atoms with Gasteiger partial charge >= 0.3 is 12.0 Å². The number of hydrogen-bond acceptors (Lipinski definition) is 6. The van der Waals surface area contributed by atoms with E-state index in [2.05, 4.69) is 15.6 Å². The van der Waals surface area contributed by atoms with Crippen molar-refractivity contribution in [2.24, 2.45) is 5.73 Å². The summed E-state index contributed by atoms with van der Waals surface area (Å²) in [5.74, 6) is -0.859. The molecule has 1 atom stereocenters. The second kappa shape index (κ2) is 10.3. The molecule has 0 aliphatic heterocycles. The number of primary amides is 1. The van der Waals surface area contributed by atoms with Gasteiger partial charge in [0, 0.05) is 17.5 Å². The fraction of sp³-hybridized carbons (Fsp3) is 0.333. The average molecular weight is 406 g/mol. The summed E-state index contributed by atoms with van der Waals surface area (Å²) >= 11 is 1.39. The molecule has 28 heavy (non-hydrogen) atoms. The second-order valence-corrected chi connectivity index (χ2v) is 6.80. The molecule has 0 bridgehead atoms. The number of urea groups is 1. The number of amides is 3. The lowest BCUT2D eigenvalue weighted by Crippen LogP contribution is -2.42. The number of benzene rings is 1. The first-order valence-corrected chi connectivity index (χ1v) is 9.41. The number of rotatable bonds is 10. The molecule has 0 spiro atoms. The van der Waals surface area contributed by atoms with Crippen molar-refractivity contribution in [3.05, 3.63) is 35.3 Å². The Bertz CT molecular complexity index is 839. The van der Waals surface area contributed by atoms with E-state index in [0.717, 1.165) is 10.6 Å². The molecule has 150 valence electrons. The monoisotopic (exact) mass is 406 g/mol. The Morgan fingerprint density at radius 1 is 1.36 bits per heavy atom. The van der Waals surface area contributed by atoms with Crippen molar-refractivity contribution in [3.8, 4) is 16.3 Å². The first kappa shape index (κ1) is 21.2. The number of ether oxygens (including phenoxy) is 1. The molecule has 1 aromatic carbocycles. The zero-order valence-electron chi connectivity index (χ0n) is 15.3. The number of hydrogen-bond donors (Lipinski definition) is 4. The molecule has 0 saturated heterocycles. The number of aliphatic carboxylic acids is 1. The van der Waals surface area contributed by atoms with Gasteiger partial charge in [0.05, 0.1) is 19.2 Å². The summed E-state index contributed by atoms with van der Waals surface area (Å²) in [6.07, 6.45) is 0.522. The molecule has 10 heteroatoms.